The zero-order valence-corrected chi connectivity index (χ0v) is 58.8. The first-order chi connectivity index (χ1) is 52.6. The van der Waals surface area contributed by atoms with Gasteiger partial charge in [0.25, 0.3) is 13.4 Å². The number of hydrogen-bond acceptors (Lipinski definition) is 5. The number of benzene rings is 15. The van der Waals surface area contributed by atoms with Crippen molar-refractivity contribution in [1.82, 2.24) is 0 Å². The second kappa shape index (κ2) is 24.5. The Morgan fingerprint density at radius 1 is 0.208 bits per heavy atom. The molecule has 5 nitrogen and oxygen atoms in total. The van der Waals surface area contributed by atoms with Crippen LogP contribution >= 0.6 is 0 Å². The molecular weight excluding hydrogens is 1280 g/mol. The Morgan fingerprint density at radius 2 is 0.500 bits per heavy atom. The fraction of sp³-hybridized carbons (Fsp3) is 0.0909. The average Bonchev–Trinajstić information content (AvgIpc) is 0.680. The van der Waals surface area contributed by atoms with Crippen LogP contribution in [0, 0.1) is 11.8 Å². The largest absolute Gasteiger partial charge is 0.365 e. The summed E-state index contributed by atoms with van der Waals surface area (Å²) < 4.78 is 0. The van der Waals surface area contributed by atoms with Crippen LogP contribution in [0.5, 0.6) is 0 Å². The molecule has 2 saturated heterocycles. The minimum atomic E-state index is -0.215. The highest BCUT2D eigenvalue weighted by Gasteiger charge is 2.52. The lowest BCUT2D eigenvalue weighted by atomic mass is 9.30. The lowest BCUT2D eigenvalue weighted by Crippen LogP contribution is -2.65. The predicted octanol–water partition coefficient (Wildman–Crippen LogP) is 21.6. The summed E-state index contributed by atoms with van der Waals surface area (Å²) in [5.74, 6) is 1.55. The molecule has 2 saturated carbocycles. The molecule has 0 aromatic heterocycles. The fourth-order valence-electron chi connectivity index (χ4n) is 20.4. The summed E-state index contributed by atoms with van der Waals surface area (Å²) in [5.41, 5.74) is 37.2. The summed E-state index contributed by atoms with van der Waals surface area (Å²) in [4.78, 5) is 13.7. The van der Waals surface area contributed by atoms with E-state index in [0.717, 1.165) is 28.9 Å². The molecule has 0 unspecified atom stereocenters. The summed E-state index contributed by atoms with van der Waals surface area (Å²) in [5, 5.41) is 0. The maximum atomic E-state index is 2.95. The van der Waals surface area contributed by atoms with Gasteiger partial charge in [-0.05, 0) is 165 Å². The third-order valence-corrected chi connectivity index (χ3v) is 24.5. The van der Waals surface area contributed by atoms with Crippen molar-refractivity contribution in [3.8, 4) is 66.8 Å². The number of para-hydroxylation sites is 6. The Balaban J connectivity index is 0.878. The van der Waals surface area contributed by atoms with Crippen molar-refractivity contribution >= 4 is 120 Å². The smallest absolute Gasteiger partial charge is 0.252 e. The van der Waals surface area contributed by atoms with Gasteiger partial charge in [0.1, 0.15) is 0 Å². The van der Waals surface area contributed by atoms with Gasteiger partial charge in [-0.25, -0.2) is 0 Å². The predicted molar refractivity (Wildman–Crippen MR) is 447 cm³/mol. The van der Waals surface area contributed by atoms with Crippen molar-refractivity contribution in [1.29, 1.82) is 0 Å². The number of hydrogen-bond donors (Lipinski definition) is 0. The first kappa shape index (κ1) is 61.0. The van der Waals surface area contributed by atoms with Crippen molar-refractivity contribution < 1.29 is 0 Å². The van der Waals surface area contributed by atoms with Crippen LogP contribution in [-0.4, -0.2) is 25.5 Å². The first-order valence-electron chi connectivity index (χ1n) is 38.1. The quantitative estimate of drug-likeness (QED) is 0.120. The summed E-state index contributed by atoms with van der Waals surface area (Å²) in [7, 11) is 0. The number of piperidine rings is 2. The highest BCUT2D eigenvalue weighted by Crippen LogP contribution is 2.58. The first-order valence-corrected chi connectivity index (χ1v) is 38.1. The minimum Gasteiger partial charge on any atom is -0.365 e. The Morgan fingerprint density at radius 3 is 0.887 bits per heavy atom. The Hall–Kier alpha value is -12.6. The van der Waals surface area contributed by atoms with E-state index in [1.807, 2.05) is 0 Å². The van der Waals surface area contributed by atoms with Crippen molar-refractivity contribution in [3.63, 3.8) is 0 Å². The highest BCUT2D eigenvalue weighted by molar-refractivity contribution is 7.03. The average molecular weight is 1350 g/mol. The summed E-state index contributed by atoms with van der Waals surface area (Å²) in [6, 6.07) is 137. The molecule has 0 spiro atoms. The van der Waals surface area contributed by atoms with Gasteiger partial charge in [-0.1, -0.05) is 303 Å². The molecule has 2 aliphatic carbocycles. The van der Waals surface area contributed by atoms with Crippen molar-refractivity contribution in [2.75, 3.05) is 24.5 Å². The van der Waals surface area contributed by atoms with Crippen LogP contribution < -0.4 is 57.3 Å². The molecule has 500 valence electrons. The standard InChI is InChI=1S/C99H73B2N5/c1-8-30-67(31-9-1)77-44-26-45-78(68-32-10-2-11-33-68)97(77)104-87-52-24-22-50-83(87)100-85-63-86-92(64-91(85)103(73-42-20-7-21-43-73)89-54-29-55-90(104)95(89)100)106(99-81(71-38-16-5-17-39-71)48-28-49-82(99)72-40-18-6-19-41-72)94-62-76(102-74-57-65-56-66(59-74)60-75(102)58-65)61-93-96(94)101(86)84-51-23-25-53-88(84)105(93)98-79(69-34-12-3-13-35-69)46-27-47-80(98)70-36-14-4-15-37-70/h1-55,61-66,74-75H,56-60H2. The van der Waals surface area contributed by atoms with Gasteiger partial charge in [-0.3, -0.25) is 0 Å². The number of fused-ring (bicyclic) bond motifs is 8. The topological polar surface area (TPSA) is 16.2 Å². The Bertz CT molecular complexity index is 5760. The number of nitrogens with zero attached hydrogens (tertiary/aromatic N) is 5. The SMILES string of the molecule is c1ccc(-c2cccc(-c3ccccc3)c2N2c3ccccc3B3c4cc5c(cc4N(c4ccccc4)c4cccc2c43)N(c2c(-c3ccccc3)cccc2-c2ccccc2)c2cc(N3C4CC6CC(C4)CC3C6)cc3c2B5c2ccccc2N3c2c(-c3ccccc3)cccc2-c2ccccc2)cc1. The van der Waals surface area contributed by atoms with Gasteiger partial charge in [0.2, 0.25) is 0 Å². The van der Waals surface area contributed by atoms with Crippen molar-refractivity contribution in [3.05, 3.63) is 358 Å². The normalized spacial score (nSPS) is 17.3. The molecule has 6 heterocycles. The molecule has 0 atom stereocenters. The number of anilines is 13. The zero-order chi connectivity index (χ0) is 69.5. The van der Waals surface area contributed by atoms with Gasteiger partial charge in [-0.2, -0.15) is 0 Å². The molecule has 0 N–H and O–H groups in total. The third kappa shape index (κ3) is 9.44. The molecule has 7 heteroatoms. The van der Waals surface area contributed by atoms with E-state index in [2.05, 4.69) is 382 Å². The van der Waals surface area contributed by atoms with E-state index in [0.29, 0.717) is 12.1 Å². The van der Waals surface area contributed by atoms with Gasteiger partial charge in [-0.15, -0.1) is 0 Å². The van der Waals surface area contributed by atoms with E-state index < -0.39 is 0 Å². The van der Waals surface area contributed by atoms with Gasteiger partial charge in [0, 0.05) is 102 Å². The van der Waals surface area contributed by atoms with Crippen LogP contribution in [0.3, 0.4) is 0 Å². The van der Waals surface area contributed by atoms with Gasteiger partial charge in [0.05, 0.1) is 17.1 Å². The fourth-order valence-corrected chi connectivity index (χ4v) is 20.4. The zero-order valence-electron chi connectivity index (χ0n) is 58.8. The van der Waals surface area contributed by atoms with Crippen molar-refractivity contribution in [2.24, 2.45) is 11.8 Å². The van der Waals surface area contributed by atoms with Crippen LogP contribution in [0.15, 0.2) is 358 Å². The highest BCUT2D eigenvalue weighted by atomic mass is 15.3. The van der Waals surface area contributed by atoms with E-state index >= 15 is 0 Å². The van der Waals surface area contributed by atoms with Gasteiger partial charge in [0.15, 0.2) is 0 Å². The maximum absolute atomic E-state index is 2.95. The van der Waals surface area contributed by atoms with E-state index in [1.165, 1.54) is 189 Å². The molecule has 106 heavy (non-hydrogen) atoms. The molecule has 15 aromatic rings. The van der Waals surface area contributed by atoms with Crippen LogP contribution in [0.4, 0.5) is 73.9 Å². The second-order valence-corrected chi connectivity index (χ2v) is 30.2. The van der Waals surface area contributed by atoms with Crippen LogP contribution in [0.1, 0.15) is 32.1 Å². The summed E-state index contributed by atoms with van der Waals surface area (Å²) >= 11 is 0. The molecule has 15 aromatic carbocycles. The summed E-state index contributed by atoms with van der Waals surface area (Å²) in [6.45, 7) is -0.393. The summed E-state index contributed by atoms with van der Waals surface area (Å²) in [6.07, 6.45) is 6.34. The molecule has 6 aliphatic heterocycles. The lowest BCUT2D eigenvalue weighted by molar-refractivity contribution is 0.0900. The molecule has 0 amide bonds. The van der Waals surface area contributed by atoms with Crippen LogP contribution in [0.2, 0.25) is 0 Å². The van der Waals surface area contributed by atoms with Gasteiger partial charge < -0.3 is 24.5 Å². The van der Waals surface area contributed by atoms with Crippen molar-refractivity contribution in [2.45, 2.75) is 44.2 Å². The maximum Gasteiger partial charge on any atom is 0.252 e. The minimum absolute atomic E-state index is 0.178. The second-order valence-electron chi connectivity index (χ2n) is 30.2. The molecule has 8 aliphatic rings. The molecule has 4 bridgehead atoms. The van der Waals surface area contributed by atoms with Crippen LogP contribution in [0.25, 0.3) is 66.8 Å². The van der Waals surface area contributed by atoms with Gasteiger partial charge >= 0.3 is 0 Å². The van der Waals surface area contributed by atoms with Crippen LogP contribution in [-0.2, 0) is 0 Å². The van der Waals surface area contributed by atoms with E-state index in [4.69, 9.17) is 0 Å². The Kier molecular flexibility index (Phi) is 14.1. The van der Waals surface area contributed by atoms with E-state index in [-0.39, 0.29) is 13.4 Å². The van der Waals surface area contributed by atoms with E-state index in [9.17, 15) is 0 Å². The molecule has 4 fully saturated rings. The monoisotopic (exact) mass is 1350 g/mol. The third-order valence-electron chi connectivity index (χ3n) is 24.5. The molecule has 0 radical (unpaired) electrons. The Labute approximate surface area is 621 Å². The molecule has 23 rings (SSSR count). The lowest BCUT2D eigenvalue weighted by Gasteiger charge is -2.58. The number of rotatable bonds is 11. The van der Waals surface area contributed by atoms with E-state index in [1.54, 1.807) is 0 Å². The molecular formula is C99H73B2N5.